The third-order valence-electron chi connectivity index (χ3n) is 4.00. The highest BCUT2D eigenvalue weighted by atomic mass is 35.5. The molecule has 8 heteroatoms. The van der Waals surface area contributed by atoms with Crippen molar-refractivity contribution >= 4 is 55.5 Å². The normalized spacial score (nSPS) is 11.0. The van der Waals surface area contributed by atoms with Crippen LogP contribution >= 0.6 is 34.3 Å². The molecule has 1 amide bonds. The van der Waals surface area contributed by atoms with Gasteiger partial charge in [-0.3, -0.25) is 9.69 Å². The summed E-state index contributed by atoms with van der Waals surface area (Å²) >= 11 is 9.26. The van der Waals surface area contributed by atoms with Crippen LogP contribution < -0.4 is 9.64 Å². The van der Waals surface area contributed by atoms with Crippen molar-refractivity contribution in [1.82, 2.24) is 4.98 Å². The molecule has 27 heavy (non-hydrogen) atoms. The molecule has 0 aliphatic carbocycles. The first-order valence-corrected chi connectivity index (χ1v) is 10.2. The maximum atomic E-state index is 13.0. The predicted molar refractivity (Wildman–Crippen MR) is 109 cm³/mol. The zero-order valence-electron chi connectivity index (χ0n) is 14.3. The molecule has 3 aromatic heterocycles. The Balaban J connectivity index is 1.74. The standard InChI is InChI=1S/C19H15ClN2O3S2/c1-24-15-7-6-14(20)18-17(15)21-19(27-18)22(11-12-4-2-8-25-12)16(23)10-13-5-3-9-26-13/h2-9H,10-11H2,1H3. The summed E-state index contributed by atoms with van der Waals surface area (Å²) in [7, 11) is 1.59. The number of amides is 1. The maximum Gasteiger partial charge on any atom is 0.234 e. The smallest absolute Gasteiger partial charge is 0.234 e. The van der Waals surface area contributed by atoms with Gasteiger partial charge in [-0.2, -0.15) is 0 Å². The number of furan rings is 1. The van der Waals surface area contributed by atoms with E-state index in [1.807, 2.05) is 23.6 Å². The number of nitrogens with zero attached hydrogens (tertiary/aromatic N) is 2. The molecule has 0 aliphatic rings. The molecule has 0 atom stereocenters. The highest BCUT2D eigenvalue weighted by Gasteiger charge is 2.23. The molecule has 138 valence electrons. The van der Waals surface area contributed by atoms with Crippen LogP contribution in [0.15, 0.2) is 52.5 Å². The molecule has 0 radical (unpaired) electrons. The average molecular weight is 419 g/mol. The van der Waals surface area contributed by atoms with Gasteiger partial charge in [0.05, 0.1) is 36.1 Å². The summed E-state index contributed by atoms with van der Waals surface area (Å²) in [5.74, 6) is 1.26. The largest absolute Gasteiger partial charge is 0.494 e. The van der Waals surface area contributed by atoms with Gasteiger partial charge in [0.25, 0.3) is 0 Å². The molecule has 5 nitrogen and oxygen atoms in total. The van der Waals surface area contributed by atoms with E-state index in [-0.39, 0.29) is 5.91 Å². The number of carbonyl (C=O) groups excluding carboxylic acids is 1. The number of carbonyl (C=O) groups is 1. The SMILES string of the molecule is COc1ccc(Cl)c2sc(N(Cc3ccco3)C(=O)Cc3cccs3)nc12. The van der Waals surface area contributed by atoms with E-state index < -0.39 is 0 Å². The second-order valence-electron chi connectivity index (χ2n) is 5.74. The van der Waals surface area contributed by atoms with Crippen molar-refractivity contribution < 1.29 is 13.9 Å². The number of hydrogen-bond acceptors (Lipinski definition) is 6. The Hall–Kier alpha value is -2.35. The molecule has 0 fully saturated rings. The summed E-state index contributed by atoms with van der Waals surface area (Å²) in [5, 5.41) is 3.11. The quantitative estimate of drug-likeness (QED) is 0.421. The Labute approximate surface area is 168 Å². The molecule has 0 saturated heterocycles. The van der Waals surface area contributed by atoms with Crippen LogP contribution in [-0.2, 0) is 17.8 Å². The molecule has 0 unspecified atom stereocenters. The molecule has 1 aromatic carbocycles. The van der Waals surface area contributed by atoms with Crippen LogP contribution in [0.2, 0.25) is 5.02 Å². The van der Waals surface area contributed by atoms with Crippen LogP contribution in [0.3, 0.4) is 0 Å². The molecular weight excluding hydrogens is 404 g/mol. The molecule has 0 spiro atoms. The number of halogens is 1. The summed E-state index contributed by atoms with van der Waals surface area (Å²) in [6, 6.07) is 11.1. The molecule has 4 aromatic rings. The number of hydrogen-bond donors (Lipinski definition) is 0. The minimum atomic E-state index is -0.0528. The lowest BCUT2D eigenvalue weighted by atomic mass is 10.3. The van der Waals surface area contributed by atoms with Gasteiger partial charge in [-0.05, 0) is 35.7 Å². The average Bonchev–Trinajstić information content (AvgIpc) is 3.41. The highest BCUT2D eigenvalue weighted by Crippen LogP contribution is 2.39. The van der Waals surface area contributed by atoms with Gasteiger partial charge < -0.3 is 9.15 Å². The van der Waals surface area contributed by atoms with Crippen LogP contribution in [-0.4, -0.2) is 18.0 Å². The van der Waals surface area contributed by atoms with Crippen molar-refractivity contribution in [1.29, 1.82) is 0 Å². The summed E-state index contributed by atoms with van der Waals surface area (Å²) in [6.07, 6.45) is 1.90. The van der Waals surface area contributed by atoms with E-state index in [9.17, 15) is 4.79 Å². The van der Waals surface area contributed by atoms with Crippen molar-refractivity contribution in [2.24, 2.45) is 0 Å². The van der Waals surface area contributed by atoms with Gasteiger partial charge >= 0.3 is 0 Å². The van der Waals surface area contributed by atoms with Crippen molar-refractivity contribution in [2.45, 2.75) is 13.0 Å². The van der Waals surface area contributed by atoms with Crippen molar-refractivity contribution in [2.75, 3.05) is 12.0 Å². The second-order valence-corrected chi connectivity index (χ2v) is 8.16. The predicted octanol–water partition coefficient (Wildman–Crippen LogP) is 5.39. The van der Waals surface area contributed by atoms with Gasteiger partial charge in [-0.1, -0.05) is 29.0 Å². The van der Waals surface area contributed by atoms with E-state index in [4.69, 9.17) is 20.8 Å². The second kappa shape index (κ2) is 7.72. The fourth-order valence-electron chi connectivity index (χ4n) is 2.70. The minimum Gasteiger partial charge on any atom is -0.494 e. The Morgan fingerprint density at radius 3 is 2.89 bits per heavy atom. The van der Waals surface area contributed by atoms with E-state index in [1.54, 1.807) is 47.8 Å². The van der Waals surface area contributed by atoms with E-state index in [0.717, 1.165) is 9.58 Å². The zero-order chi connectivity index (χ0) is 18.8. The highest BCUT2D eigenvalue weighted by molar-refractivity contribution is 7.23. The third-order valence-corrected chi connectivity index (χ3v) is 6.41. The van der Waals surface area contributed by atoms with Crippen LogP contribution in [0.4, 0.5) is 5.13 Å². The fraction of sp³-hybridized carbons (Fsp3) is 0.158. The zero-order valence-corrected chi connectivity index (χ0v) is 16.7. The van der Waals surface area contributed by atoms with Gasteiger partial charge in [0.15, 0.2) is 5.13 Å². The van der Waals surface area contributed by atoms with Crippen molar-refractivity contribution in [3.63, 3.8) is 0 Å². The topological polar surface area (TPSA) is 55.6 Å². The minimum absolute atomic E-state index is 0.0528. The van der Waals surface area contributed by atoms with Gasteiger partial charge in [0.2, 0.25) is 5.91 Å². The van der Waals surface area contributed by atoms with Gasteiger partial charge in [0, 0.05) is 4.88 Å². The molecule has 0 saturated carbocycles. The van der Waals surface area contributed by atoms with E-state index in [2.05, 4.69) is 4.98 Å². The monoisotopic (exact) mass is 418 g/mol. The van der Waals surface area contributed by atoms with E-state index >= 15 is 0 Å². The number of ether oxygens (including phenoxy) is 1. The molecule has 4 rings (SSSR count). The summed E-state index contributed by atoms with van der Waals surface area (Å²) in [5.41, 5.74) is 0.651. The van der Waals surface area contributed by atoms with Crippen LogP contribution in [0.1, 0.15) is 10.6 Å². The van der Waals surface area contributed by atoms with Crippen molar-refractivity contribution in [3.8, 4) is 5.75 Å². The first-order chi connectivity index (χ1) is 13.2. The van der Waals surface area contributed by atoms with Gasteiger partial charge in [0.1, 0.15) is 17.0 Å². The first-order valence-electron chi connectivity index (χ1n) is 8.14. The molecule has 0 aliphatic heterocycles. The number of anilines is 1. The Morgan fingerprint density at radius 1 is 1.30 bits per heavy atom. The van der Waals surface area contributed by atoms with Crippen molar-refractivity contribution in [3.05, 3.63) is 63.7 Å². The van der Waals surface area contributed by atoms with Crippen LogP contribution in [0.25, 0.3) is 10.2 Å². The van der Waals surface area contributed by atoms with E-state index in [1.165, 1.54) is 11.3 Å². The number of fused-ring (bicyclic) bond motifs is 1. The number of rotatable bonds is 6. The number of aromatic nitrogens is 1. The lowest BCUT2D eigenvalue weighted by Gasteiger charge is -2.18. The lowest BCUT2D eigenvalue weighted by molar-refractivity contribution is -0.118. The van der Waals surface area contributed by atoms with Crippen LogP contribution in [0.5, 0.6) is 5.75 Å². The number of methoxy groups -OCH3 is 1. The van der Waals surface area contributed by atoms with Gasteiger partial charge in [-0.15, -0.1) is 11.3 Å². The lowest BCUT2D eigenvalue weighted by Crippen LogP contribution is -2.31. The number of thiazole rings is 1. The summed E-state index contributed by atoms with van der Waals surface area (Å²) < 4.78 is 11.6. The van der Waals surface area contributed by atoms with Crippen LogP contribution in [0, 0.1) is 0 Å². The van der Waals surface area contributed by atoms with Gasteiger partial charge in [-0.25, -0.2) is 4.98 Å². The summed E-state index contributed by atoms with van der Waals surface area (Å²) in [6.45, 7) is 0.303. The Morgan fingerprint density at radius 2 is 2.19 bits per heavy atom. The maximum absolute atomic E-state index is 13.0. The van der Waals surface area contributed by atoms with E-state index in [0.29, 0.717) is 40.1 Å². The number of benzene rings is 1. The molecule has 0 bridgehead atoms. The first kappa shape index (κ1) is 18.0. The Kier molecular flexibility index (Phi) is 5.15. The summed E-state index contributed by atoms with van der Waals surface area (Å²) in [4.78, 5) is 20.3. The molecule has 0 N–H and O–H groups in total. The Bertz CT molecular complexity index is 1060. The fourth-order valence-corrected chi connectivity index (χ4v) is 4.67. The molecule has 3 heterocycles. The molecular formula is C19H15ClN2O3S2. The third kappa shape index (κ3) is 3.71. The number of thiophene rings is 1.